The largest absolute Gasteiger partial charge is 0.354 e. The molecule has 0 spiro atoms. The maximum Gasteiger partial charge on any atom is 0.191 e. The number of thiophene rings is 1. The Balaban J connectivity index is 0.00000288. The van der Waals surface area contributed by atoms with Crippen molar-refractivity contribution in [1.29, 1.82) is 0 Å². The number of likely N-dealkylation sites (tertiary alicyclic amines) is 1. The first-order valence-electron chi connectivity index (χ1n) is 8.65. The molecule has 1 atom stereocenters. The van der Waals surface area contributed by atoms with Crippen molar-refractivity contribution < 1.29 is 0 Å². The highest BCUT2D eigenvalue weighted by Gasteiger charge is 2.25. The van der Waals surface area contributed by atoms with Gasteiger partial charge in [0.1, 0.15) is 0 Å². The van der Waals surface area contributed by atoms with Gasteiger partial charge < -0.3 is 10.6 Å². The summed E-state index contributed by atoms with van der Waals surface area (Å²) < 4.78 is 0. The lowest BCUT2D eigenvalue weighted by molar-refractivity contribution is 0.140. The molecule has 1 aliphatic heterocycles. The quantitative estimate of drug-likeness (QED) is 0.401. The summed E-state index contributed by atoms with van der Waals surface area (Å²) in [6.07, 6.45) is 2.60. The third kappa shape index (κ3) is 6.88. The predicted molar refractivity (Wildman–Crippen MR) is 117 cm³/mol. The molecule has 2 N–H and O–H groups in total. The van der Waals surface area contributed by atoms with E-state index < -0.39 is 0 Å². The van der Waals surface area contributed by atoms with Crippen molar-refractivity contribution in [2.45, 2.75) is 52.1 Å². The van der Waals surface area contributed by atoms with Gasteiger partial charge in [0.2, 0.25) is 0 Å². The summed E-state index contributed by atoms with van der Waals surface area (Å²) in [5.74, 6) is 1.74. The molecular weight excluding hydrogens is 431 g/mol. The zero-order valence-electron chi connectivity index (χ0n) is 15.6. The Morgan fingerprint density at radius 3 is 2.54 bits per heavy atom. The molecule has 1 unspecified atom stereocenters. The van der Waals surface area contributed by atoms with E-state index in [0.717, 1.165) is 18.4 Å². The molecular formula is C18H33IN4S. The van der Waals surface area contributed by atoms with E-state index in [-0.39, 0.29) is 29.5 Å². The summed E-state index contributed by atoms with van der Waals surface area (Å²) in [6, 6.07) is 4.84. The van der Waals surface area contributed by atoms with E-state index in [4.69, 9.17) is 0 Å². The van der Waals surface area contributed by atoms with Crippen LogP contribution in [0.5, 0.6) is 0 Å². The third-order valence-corrected chi connectivity index (χ3v) is 5.28. The predicted octanol–water partition coefficient (Wildman–Crippen LogP) is 4.10. The number of halogens is 1. The van der Waals surface area contributed by atoms with Gasteiger partial charge in [-0.2, -0.15) is 0 Å². The molecule has 4 nitrogen and oxygen atoms in total. The standard InChI is InChI=1S/C18H32N4S.HI/c1-14-8-10-22(11-9-14)15(16-7-6-12-23-16)13-20-17(19-5)21-18(2,3)4;/h6-7,12,14-15H,8-11,13H2,1-5H3,(H2,19,20,21);1H. The third-order valence-electron chi connectivity index (χ3n) is 4.31. The van der Waals surface area contributed by atoms with Crippen molar-refractivity contribution in [2.24, 2.45) is 10.9 Å². The number of hydrogen-bond donors (Lipinski definition) is 2. The molecule has 0 saturated carbocycles. The normalized spacial score (nSPS) is 18.8. The molecule has 2 heterocycles. The van der Waals surface area contributed by atoms with Gasteiger partial charge in [-0.3, -0.25) is 9.89 Å². The Morgan fingerprint density at radius 2 is 2.04 bits per heavy atom. The minimum absolute atomic E-state index is 0. The van der Waals surface area contributed by atoms with Crippen LogP contribution in [0, 0.1) is 5.92 Å². The van der Waals surface area contributed by atoms with Gasteiger partial charge in [-0.25, -0.2) is 0 Å². The minimum Gasteiger partial charge on any atom is -0.354 e. The highest BCUT2D eigenvalue weighted by atomic mass is 127. The van der Waals surface area contributed by atoms with Gasteiger partial charge in [-0.05, 0) is 64.1 Å². The SMILES string of the molecule is CN=C(NCC(c1cccs1)N1CCC(C)CC1)NC(C)(C)C.I. The maximum atomic E-state index is 4.36. The minimum atomic E-state index is 0. The Labute approximate surface area is 168 Å². The first-order chi connectivity index (χ1) is 10.9. The summed E-state index contributed by atoms with van der Waals surface area (Å²) >= 11 is 1.86. The van der Waals surface area contributed by atoms with Crippen LogP contribution in [0.1, 0.15) is 51.5 Å². The summed E-state index contributed by atoms with van der Waals surface area (Å²) in [6.45, 7) is 12.1. The fourth-order valence-corrected chi connectivity index (χ4v) is 3.82. The molecule has 0 amide bonds. The van der Waals surface area contributed by atoms with Crippen molar-refractivity contribution in [3.05, 3.63) is 22.4 Å². The van der Waals surface area contributed by atoms with Crippen LogP contribution in [0.25, 0.3) is 0 Å². The van der Waals surface area contributed by atoms with E-state index in [1.165, 1.54) is 30.8 Å². The molecule has 1 saturated heterocycles. The van der Waals surface area contributed by atoms with E-state index in [1.807, 2.05) is 18.4 Å². The van der Waals surface area contributed by atoms with Crippen LogP contribution in [0.4, 0.5) is 0 Å². The van der Waals surface area contributed by atoms with Crippen molar-refractivity contribution in [2.75, 3.05) is 26.7 Å². The Hall–Kier alpha value is -0.340. The summed E-state index contributed by atoms with van der Waals surface area (Å²) in [5.41, 5.74) is 0.0147. The number of aliphatic imine (C=N–C) groups is 1. The Kier molecular flexibility index (Phi) is 9.01. The number of piperidine rings is 1. The molecule has 1 fully saturated rings. The molecule has 0 bridgehead atoms. The number of rotatable bonds is 4. The Morgan fingerprint density at radius 1 is 1.38 bits per heavy atom. The van der Waals surface area contributed by atoms with Crippen LogP contribution < -0.4 is 10.6 Å². The number of guanidine groups is 1. The highest BCUT2D eigenvalue weighted by molar-refractivity contribution is 14.0. The van der Waals surface area contributed by atoms with Crippen LogP contribution in [-0.4, -0.2) is 43.1 Å². The maximum absolute atomic E-state index is 4.36. The fraction of sp³-hybridized carbons (Fsp3) is 0.722. The van der Waals surface area contributed by atoms with Crippen LogP contribution in [0.3, 0.4) is 0 Å². The second-order valence-electron chi connectivity index (χ2n) is 7.58. The average Bonchev–Trinajstić information content (AvgIpc) is 3.01. The number of nitrogens with one attached hydrogen (secondary N) is 2. The Bertz CT molecular complexity index is 488. The first-order valence-corrected chi connectivity index (χ1v) is 9.53. The van der Waals surface area contributed by atoms with Crippen LogP contribution in [0.2, 0.25) is 0 Å². The van der Waals surface area contributed by atoms with Crippen molar-refractivity contribution in [1.82, 2.24) is 15.5 Å². The van der Waals surface area contributed by atoms with Crippen LogP contribution in [-0.2, 0) is 0 Å². The zero-order valence-corrected chi connectivity index (χ0v) is 18.8. The fourth-order valence-electron chi connectivity index (χ4n) is 2.96. The van der Waals surface area contributed by atoms with E-state index in [0.29, 0.717) is 6.04 Å². The molecule has 24 heavy (non-hydrogen) atoms. The smallest absolute Gasteiger partial charge is 0.191 e. The van der Waals surface area contributed by atoms with E-state index in [1.54, 1.807) is 0 Å². The van der Waals surface area contributed by atoms with E-state index >= 15 is 0 Å². The summed E-state index contributed by atoms with van der Waals surface area (Å²) in [4.78, 5) is 8.43. The van der Waals surface area contributed by atoms with Gasteiger partial charge in [0, 0.05) is 24.0 Å². The van der Waals surface area contributed by atoms with Gasteiger partial charge in [0.05, 0.1) is 6.04 Å². The van der Waals surface area contributed by atoms with Gasteiger partial charge >= 0.3 is 0 Å². The lowest BCUT2D eigenvalue weighted by atomic mass is 9.97. The van der Waals surface area contributed by atoms with Gasteiger partial charge in [-0.15, -0.1) is 35.3 Å². The van der Waals surface area contributed by atoms with Gasteiger partial charge in [0.15, 0.2) is 5.96 Å². The van der Waals surface area contributed by atoms with Crippen LogP contribution >= 0.6 is 35.3 Å². The molecule has 138 valence electrons. The highest BCUT2D eigenvalue weighted by Crippen LogP contribution is 2.29. The average molecular weight is 464 g/mol. The summed E-state index contributed by atoms with van der Waals surface area (Å²) in [5, 5.41) is 9.14. The van der Waals surface area contributed by atoms with Gasteiger partial charge in [-0.1, -0.05) is 13.0 Å². The zero-order chi connectivity index (χ0) is 16.9. The molecule has 6 heteroatoms. The molecule has 1 aliphatic rings. The molecule has 2 rings (SSSR count). The second kappa shape index (κ2) is 9.97. The molecule has 0 aliphatic carbocycles. The lowest BCUT2D eigenvalue weighted by Gasteiger charge is -2.37. The van der Waals surface area contributed by atoms with Gasteiger partial charge in [0.25, 0.3) is 0 Å². The van der Waals surface area contributed by atoms with Crippen molar-refractivity contribution in [3.63, 3.8) is 0 Å². The number of hydrogen-bond acceptors (Lipinski definition) is 3. The van der Waals surface area contributed by atoms with E-state index in [2.05, 4.69) is 65.7 Å². The molecule has 0 radical (unpaired) electrons. The monoisotopic (exact) mass is 464 g/mol. The topological polar surface area (TPSA) is 39.7 Å². The summed E-state index contributed by atoms with van der Waals surface area (Å²) in [7, 11) is 1.84. The number of nitrogens with zero attached hydrogens (tertiary/aromatic N) is 2. The lowest BCUT2D eigenvalue weighted by Crippen LogP contribution is -2.50. The van der Waals surface area contributed by atoms with Crippen molar-refractivity contribution >= 4 is 41.3 Å². The molecule has 1 aromatic heterocycles. The van der Waals surface area contributed by atoms with Crippen molar-refractivity contribution in [3.8, 4) is 0 Å². The molecule has 0 aromatic carbocycles. The van der Waals surface area contributed by atoms with Crippen LogP contribution in [0.15, 0.2) is 22.5 Å². The first kappa shape index (κ1) is 21.7. The van der Waals surface area contributed by atoms with E-state index in [9.17, 15) is 0 Å². The second-order valence-corrected chi connectivity index (χ2v) is 8.56. The molecule has 1 aromatic rings.